The Morgan fingerprint density at radius 1 is 1.73 bits per heavy atom. The van der Waals surface area contributed by atoms with Crippen LogP contribution in [0.2, 0.25) is 0 Å². The van der Waals surface area contributed by atoms with Crippen LogP contribution in [0, 0.1) is 5.41 Å². The van der Waals surface area contributed by atoms with Gasteiger partial charge in [-0.3, -0.25) is 0 Å². The molecule has 0 heterocycles. The number of hydrogen-bond acceptors (Lipinski definition) is 2. The molecular weight excluding hydrogens is 140 g/mol. The Bertz CT molecular complexity index is 174. The first-order chi connectivity index (χ1) is 5.10. The molecule has 2 nitrogen and oxygen atoms in total. The van der Waals surface area contributed by atoms with Crippen molar-refractivity contribution in [1.29, 1.82) is 0 Å². The highest BCUT2D eigenvalue weighted by atomic mass is 16.3. The summed E-state index contributed by atoms with van der Waals surface area (Å²) < 4.78 is 0. The topological polar surface area (TPSA) is 40.5 Å². The highest BCUT2D eigenvalue weighted by Gasteiger charge is 2.34. The van der Waals surface area contributed by atoms with E-state index in [2.05, 4.69) is 0 Å². The summed E-state index contributed by atoms with van der Waals surface area (Å²) >= 11 is 0. The van der Waals surface area contributed by atoms with Gasteiger partial charge in [0.25, 0.3) is 0 Å². The van der Waals surface area contributed by atoms with E-state index in [1.54, 1.807) is 0 Å². The maximum atomic E-state index is 9.67. The third-order valence-corrected chi connectivity index (χ3v) is 2.63. The predicted molar refractivity (Wildman–Crippen MR) is 44.2 cm³/mol. The van der Waals surface area contributed by atoms with Crippen molar-refractivity contribution in [3.05, 3.63) is 11.6 Å². The maximum absolute atomic E-state index is 9.67. The van der Waals surface area contributed by atoms with Crippen molar-refractivity contribution >= 4 is 0 Å². The summed E-state index contributed by atoms with van der Waals surface area (Å²) in [6, 6.07) is 0. The molecule has 0 amide bonds. The largest absolute Gasteiger partial charge is 0.396 e. The van der Waals surface area contributed by atoms with Crippen LogP contribution in [0.1, 0.15) is 26.7 Å². The molecule has 0 aliphatic heterocycles. The molecule has 64 valence electrons. The Morgan fingerprint density at radius 2 is 2.36 bits per heavy atom. The van der Waals surface area contributed by atoms with E-state index in [1.807, 2.05) is 19.9 Å². The van der Waals surface area contributed by atoms with Gasteiger partial charge in [-0.1, -0.05) is 13.0 Å². The van der Waals surface area contributed by atoms with Crippen molar-refractivity contribution < 1.29 is 10.2 Å². The van der Waals surface area contributed by atoms with Gasteiger partial charge >= 0.3 is 0 Å². The summed E-state index contributed by atoms with van der Waals surface area (Å²) in [5, 5.41) is 18.7. The Hall–Kier alpha value is -0.340. The van der Waals surface area contributed by atoms with E-state index in [0.29, 0.717) is 0 Å². The minimum absolute atomic E-state index is 0.0688. The normalized spacial score (nSPS) is 38.5. The molecule has 2 N–H and O–H groups in total. The number of hydrogen-bond donors (Lipinski definition) is 2. The number of aliphatic hydroxyl groups is 2. The Balaban J connectivity index is 2.79. The summed E-state index contributed by atoms with van der Waals surface area (Å²) in [4.78, 5) is 0. The molecule has 0 aromatic rings. The first kappa shape index (κ1) is 8.75. The van der Waals surface area contributed by atoms with E-state index < -0.39 is 6.10 Å². The van der Waals surface area contributed by atoms with Crippen molar-refractivity contribution in [2.45, 2.75) is 32.8 Å². The van der Waals surface area contributed by atoms with Crippen molar-refractivity contribution in [3.63, 3.8) is 0 Å². The zero-order valence-corrected chi connectivity index (χ0v) is 7.17. The fourth-order valence-electron chi connectivity index (χ4n) is 1.59. The van der Waals surface area contributed by atoms with Crippen LogP contribution in [0.4, 0.5) is 0 Å². The summed E-state index contributed by atoms with van der Waals surface area (Å²) in [7, 11) is 0. The van der Waals surface area contributed by atoms with Crippen molar-refractivity contribution in [2.24, 2.45) is 5.41 Å². The fraction of sp³-hybridized carbons (Fsp3) is 0.778. The van der Waals surface area contributed by atoms with Crippen LogP contribution in [0.25, 0.3) is 0 Å². The van der Waals surface area contributed by atoms with Gasteiger partial charge in [0.15, 0.2) is 0 Å². The molecule has 0 spiro atoms. The van der Waals surface area contributed by atoms with E-state index in [9.17, 15) is 5.11 Å². The van der Waals surface area contributed by atoms with E-state index in [0.717, 1.165) is 18.4 Å². The molecule has 1 aliphatic rings. The zero-order chi connectivity index (χ0) is 8.48. The van der Waals surface area contributed by atoms with Gasteiger partial charge in [0.1, 0.15) is 0 Å². The summed E-state index contributed by atoms with van der Waals surface area (Å²) in [5.74, 6) is 0. The van der Waals surface area contributed by atoms with Gasteiger partial charge in [-0.2, -0.15) is 0 Å². The van der Waals surface area contributed by atoms with Crippen LogP contribution in [0.5, 0.6) is 0 Å². The van der Waals surface area contributed by atoms with Crippen molar-refractivity contribution in [2.75, 3.05) is 6.61 Å². The second-order valence-electron chi connectivity index (χ2n) is 3.70. The lowest BCUT2D eigenvalue weighted by molar-refractivity contribution is 0.00575. The van der Waals surface area contributed by atoms with Gasteiger partial charge in [0.2, 0.25) is 0 Å². The molecule has 0 aromatic carbocycles. The van der Waals surface area contributed by atoms with E-state index in [4.69, 9.17) is 5.11 Å². The van der Waals surface area contributed by atoms with Crippen LogP contribution in [0.15, 0.2) is 11.6 Å². The van der Waals surface area contributed by atoms with Crippen LogP contribution in [-0.2, 0) is 0 Å². The molecule has 2 heteroatoms. The van der Waals surface area contributed by atoms with Gasteiger partial charge in [-0.25, -0.2) is 0 Å². The van der Waals surface area contributed by atoms with E-state index >= 15 is 0 Å². The Morgan fingerprint density at radius 3 is 2.82 bits per heavy atom. The van der Waals surface area contributed by atoms with Crippen molar-refractivity contribution in [3.8, 4) is 0 Å². The molecule has 1 aliphatic carbocycles. The van der Waals surface area contributed by atoms with Crippen LogP contribution >= 0.6 is 0 Å². The molecule has 0 saturated carbocycles. The first-order valence-corrected chi connectivity index (χ1v) is 4.06. The molecule has 0 bridgehead atoms. The number of allylic oxidation sites excluding steroid dienone is 1. The van der Waals surface area contributed by atoms with E-state index in [1.165, 1.54) is 0 Å². The lowest BCUT2D eigenvalue weighted by Gasteiger charge is -2.36. The number of aliphatic hydroxyl groups excluding tert-OH is 2. The van der Waals surface area contributed by atoms with E-state index in [-0.39, 0.29) is 12.0 Å². The Labute approximate surface area is 67.6 Å². The average Bonchev–Trinajstić information content (AvgIpc) is 2.00. The molecular formula is C9H16O2. The lowest BCUT2D eigenvalue weighted by Crippen LogP contribution is -2.38. The predicted octanol–water partition coefficient (Wildman–Crippen LogP) is 1.09. The van der Waals surface area contributed by atoms with Gasteiger partial charge in [0.05, 0.1) is 12.7 Å². The average molecular weight is 156 g/mol. The second kappa shape index (κ2) is 2.95. The fourth-order valence-corrected chi connectivity index (χ4v) is 1.59. The second-order valence-corrected chi connectivity index (χ2v) is 3.70. The Kier molecular flexibility index (Phi) is 2.35. The highest BCUT2D eigenvalue weighted by Crippen LogP contribution is 2.35. The minimum atomic E-state index is -0.457. The lowest BCUT2D eigenvalue weighted by atomic mass is 9.74. The van der Waals surface area contributed by atoms with Crippen LogP contribution in [-0.4, -0.2) is 22.9 Å². The maximum Gasteiger partial charge on any atom is 0.0823 e. The quantitative estimate of drug-likeness (QED) is 0.558. The van der Waals surface area contributed by atoms with Crippen LogP contribution in [0.3, 0.4) is 0 Å². The summed E-state index contributed by atoms with van der Waals surface area (Å²) in [5.41, 5.74) is 0.687. The van der Waals surface area contributed by atoms with Gasteiger partial charge in [-0.15, -0.1) is 0 Å². The molecule has 1 unspecified atom stereocenters. The SMILES string of the molecule is CC1=CCC[C@](C)(CO)C1O. The highest BCUT2D eigenvalue weighted by molar-refractivity contribution is 5.13. The number of rotatable bonds is 1. The van der Waals surface area contributed by atoms with Crippen LogP contribution < -0.4 is 0 Å². The van der Waals surface area contributed by atoms with Gasteiger partial charge in [-0.05, 0) is 25.3 Å². The molecule has 0 radical (unpaired) electrons. The third kappa shape index (κ3) is 1.47. The van der Waals surface area contributed by atoms with Gasteiger partial charge < -0.3 is 10.2 Å². The first-order valence-electron chi connectivity index (χ1n) is 4.06. The summed E-state index contributed by atoms with van der Waals surface area (Å²) in [6.07, 6.45) is 3.44. The minimum Gasteiger partial charge on any atom is -0.396 e. The molecule has 11 heavy (non-hydrogen) atoms. The molecule has 0 saturated heterocycles. The zero-order valence-electron chi connectivity index (χ0n) is 7.17. The molecule has 0 aromatic heterocycles. The standard InChI is InChI=1S/C9H16O2/c1-7-4-3-5-9(2,6-10)8(7)11/h4,8,10-11H,3,5-6H2,1-2H3/t8?,9-/m1/s1. The van der Waals surface area contributed by atoms with Gasteiger partial charge in [0, 0.05) is 5.41 Å². The van der Waals surface area contributed by atoms with Crippen molar-refractivity contribution in [1.82, 2.24) is 0 Å². The molecule has 2 atom stereocenters. The third-order valence-electron chi connectivity index (χ3n) is 2.63. The summed E-state index contributed by atoms with van der Waals surface area (Å²) in [6.45, 7) is 3.91. The molecule has 1 rings (SSSR count). The molecule has 0 fully saturated rings. The smallest absolute Gasteiger partial charge is 0.0823 e. The monoisotopic (exact) mass is 156 g/mol.